The Morgan fingerprint density at radius 2 is 1.94 bits per heavy atom. The maximum absolute atomic E-state index is 11.9. The molecule has 1 aromatic rings. The van der Waals surface area contributed by atoms with Crippen LogP contribution >= 0.6 is 0 Å². The molecule has 94 valence electrons. The monoisotopic (exact) mass is 235 g/mol. The molecule has 0 bridgehead atoms. The number of hydrogen-bond donors (Lipinski definition) is 0. The van der Waals surface area contributed by atoms with Gasteiger partial charge in [-0.3, -0.25) is 4.79 Å². The van der Waals surface area contributed by atoms with Crippen molar-refractivity contribution in [3.05, 3.63) is 24.3 Å². The lowest BCUT2D eigenvalue weighted by atomic mass is 10.2. The summed E-state index contributed by atoms with van der Waals surface area (Å²) >= 11 is 0. The molecule has 0 radical (unpaired) electrons. The highest BCUT2D eigenvalue weighted by atomic mass is 16.5. The Morgan fingerprint density at radius 3 is 2.53 bits per heavy atom. The number of amides is 1. The van der Waals surface area contributed by atoms with E-state index < -0.39 is 0 Å². The third kappa shape index (κ3) is 3.48. The minimum atomic E-state index is 0.138. The Labute approximate surface area is 103 Å². The summed E-state index contributed by atoms with van der Waals surface area (Å²) in [5.74, 6) is 0.921. The second-order valence-electron chi connectivity index (χ2n) is 3.80. The predicted molar refractivity (Wildman–Crippen MR) is 70.5 cm³/mol. The van der Waals surface area contributed by atoms with Crippen molar-refractivity contribution in [1.82, 2.24) is 0 Å². The highest BCUT2D eigenvalue weighted by Crippen LogP contribution is 2.28. The molecule has 0 atom stereocenters. The summed E-state index contributed by atoms with van der Waals surface area (Å²) in [5, 5.41) is 0. The van der Waals surface area contributed by atoms with Crippen LogP contribution in [0.25, 0.3) is 0 Å². The molecule has 1 rings (SSSR count). The number of para-hydroxylation sites is 2. The molecule has 0 saturated carbocycles. The van der Waals surface area contributed by atoms with Gasteiger partial charge in [0.1, 0.15) is 5.75 Å². The fraction of sp³-hybridized carbons (Fsp3) is 0.500. The van der Waals surface area contributed by atoms with Gasteiger partial charge in [-0.25, -0.2) is 0 Å². The van der Waals surface area contributed by atoms with Gasteiger partial charge in [0.25, 0.3) is 0 Å². The third-order valence-corrected chi connectivity index (χ3v) is 2.51. The molecule has 1 aromatic carbocycles. The van der Waals surface area contributed by atoms with E-state index >= 15 is 0 Å². The van der Waals surface area contributed by atoms with Crippen LogP contribution in [0.4, 0.5) is 5.69 Å². The van der Waals surface area contributed by atoms with Gasteiger partial charge in [0.05, 0.1) is 12.3 Å². The van der Waals surface area contributed by atoms with Crippen molar-refractivity contribution in [3.63, 3.8) is 0 Å². The van der Waals surface area contributed by atoms with E-state index in [9.17, 15) is 4.79 Å². The van der Waals surface area contributed by atoms with Crippen LogP contribution in [-0.2, 0) is 4.79 Å². The van der Waals surface area contributed by atoms with Crippen molar-refractivity contribution in [3.8, 4) is 5.75 Å². The highest BCUT2D eigenvalue weighted by Gasteiger charge is 2.16. The van der Waals surface area contributed by atoms with Crippen LogP contribution in [0.15, 0.2) is 24.3 Å². The van der Waals surface area contributed by atoms with Crippen LogP contribution in [0.2, 0.25) is 0 Å². The number of carbonyl (C=O) groups is 1. The Hall–Kier alpha value is -1.51. The second-order valence-corrected chi connectivity index (χ2v) is 3.80. The van der Waals surface area contributed by atoms with Crippen molar-refractivity contribution in [1.29, 1.82) is 0 Å². The first kappa shape index (κ1) is 13.6. The normalized spacial score (nSPS) is 10.1. The molecule has 0 aromatic heterocycles. The summed E-state index contributed by atoms with van der Waals surface area (Å²) in [6, 6.07) is 7.71. The fourth-order valence-corrected chi connectivity index (χ4v) is 1.75. The average molecular weight is 235 g/mol. The van der Waals surface area contributed by atoms with Crippen molar-refractivity contribution < 1.29 is 9.53 Å². The number of hydrogen-bond acceptors (Lipinski definition) is 2. The molecular weight excluding hydrogens is 214 g/mol. The smallest absolute Gasteiger partial charge is 0.226 e. The summed E-state index contributed by atoms with van der Waals surface area (Å²) in [5.41, 5.74) is 0.878. The Morgan fingerprint density at radius 1 is 1.24 bits per heavy atom. The number of ether oxygens (including phenoxy) is 1. The van der Waals surface area contributed by atoms with E-state index in [4.69, 9.17) is 4.74 Å². The highest BCUT2D eigenvalue weighted by molar-refractivity contribution is 5.94. The molecule has 3 nitrogen and oxygen atoms in total. The van der Waals surface area contributed by atoms with Gasteiger partial charge in [-0.05, 0) is 25.5 Å². The Bertz CT molecular complexity index is 363. The lowest BCUT2D eigenvalue weighted by molar-refractivity contribution is -0.118. The van der Waals surface area contributed by atoms with Crippen LogP contribution < -0.4 is 9.64 Å². The van der Waals surface area contributed by atoms with Gasteiger partial charge in [0, 0.05) is 13.0 Å². The molecule has 0 aliphatic rings. The molecule has 1 amide bonds. The van der Waals surface area contributed by atoms with Gasteiger partial charge in [-0.1, -0.05) is 26.0 Å². The van der Waals surface area contributed by atoms with E-state index in [0.29, 0.717) is 13.0 Å². The average Bonchev–Trinajstić information content (AvgIpc) is 2.36. The van der Waals surface area contributed by atoms with E-state index in [2.05, 4.69) is 6.92 Å². The molecule has 0 heterocycles. The molecule has 0 saturated heterocycles. The van der Waals surface area contributed by atoms with Crippen molar-refractivity contribution in [2.24, 2.45) is 0 Å². The number of rotatable bonds is 6. The van der Waals surface area contributed by atoms with Crippen molar-refractivity contribution in [2.45, 2.75) is 33.6 Å². The maximum atomic E-state index is 11.9. The largest absolute Gasteiger partial charge is 0.492 e. The summed E-state index contributed by atoms with van der Waals surface area (Å²) in [7, 11) is 0. The molecule has 0 aliphatic heterocycles. The molecule has 17 heavy (non-hydrogen) atoms. The zero-order valence-electron chi connectivity index (χ0n) is 10.9. The molecule has 0 N–H and O–H groups in total. The first-order valence-corrected chi connectivity index (χ1v) is 6.26. The Kier molecular flexibility index (Phi) is 5.53. The first-order chi connectivity index (χ1) is 8.24. The molecule has 3 heteroatoms. The van der Waals surface area contributed by atoms with Gasteiger partial charge in [-0.15, -0.1) is 0 Å². The lowest BCUT2D eigenvalue weighted by Crippen LogP contribution is -2.31. The van der Waals surface area contributed by atoms with Gasteiger partial charge in [0.2, 0.25) is 5.91 Å². The van der Waals surface area contributed by atoms with Crippen LogP contribution in [-0.4, -0.2) is 19.1 Å². The van der Waals surface area contributed by atoms with Crippen molar-refractivity contribution in [2.75, 3.05) is 18.1 Å². The lowest BCUT2D eigenvalue weighted by Gasteiger charge is -2.24. The standard InChI is InChI=1S/C14H21NO2/c1-4-11-15(14(16)5-2)12-9-7-8-10-13(12)17-6-3/h7-10H,4-6,11H2,1-3H3. The third-order valence-electron chi connectivity index (χ3n) is 2.51. The van der Waals surface area contributed by atoms with Gasteiger partial charge in [0.15, 0.2) is 0 Å². The number of carbonyl (C=O) groups excluding carboxylic acids is 1. The zero-order chi connectivity index (χ0) is 12.7. The van der Waals surface area contributed by atoms with Gasteiger partial charge in [-0.2, -0.15) is 0 Å². The summed E-state index contributed by atoms with van der Waals surface area (Å²) in [6.07, 6.45) is 1.45. The number of anilines is 1. The van der Waals surface area contributed by atoms with E-state index in [1.165, 1.54) is 0 Å². The molecule has 0 unspecified atom stereocenters. The quantitative estimate of drug-likeness (QED) is 0.757. The fourth-order valence-electron chi connectivity index (χ4n) is 1.75. The SMILES string of the molecule is CCCN(C(=O)CC)c1ccccc1OCC. The zero-order valence-corrected chi connectivity index (χ0v) is 10.9. The van der Waals surface area contributed by atoms with E-state index in [1.807, 2.05) is 43.0 Å². The molecule has 0 fully saturated rings. The van der Waals surface area contributed by atoms with E-state index in [0.717, 1.165) is 24.4 Å². The minimum Gasteiger partial charge on any atom is -0.492 e. The predicted octanol–water partition coefficient (Wildman–Crippen LogP) is 3.24. The van der Waals surface area contributed by atoms with Crippen molar-refractivity contribution >= 4 is 11.6 Å². The maximum Gasteiger partial charge on any atom is 0.226 e. The first-order valence-electron chi connectivity index (χ1n) is 6.26. The minimum absolute atomic E-state index is 0.138. The molecular formula is C14H21NO2. The van der Waals surface area contributed by atoms with Crippen LogP contribution in [0.3, 0.4) is 0 Å². The summed E-state index contributed by atoms with van der Waals surface area (Å²) < 4.78 is 5.57. The van der Waals surface area contributed by atoms with Crippen LogP contribution in [0, 0.1) is 0 Å². The summed E-state index contributed by atoms with van der Waals surface area (Å²) in [4.78, 5) is 13.7. The number of nitrogens with zero attached hydrogens (tertiary/aromatic N) is 1. The van der Waals surface area contributed by atoms with Crippen LogP contribution in [0.1, 0.15) is 33.6 Å². The Balaban J connectivity index is 3.03. The van der Waals surface area contributed by atoms with Gasteiger partial charge >= 0.3 is 0 Å². The van der Waals surface area contributed by atoms with Crippen LogP contribution in [0.5, 0.6) is 5.75 Å². The summed E-state index contributed by atoms with van der Waals surface area (Å²) in [6.45, 7) is 7.24. The topological polar surface area (TPSA) is 29.5 Å². The van der Waals surface area contributed by atoms with E-state index in [1.54, 1.807) is 0 Å². The van der Waals surface area contributed by atoms with Gasteiger partial charge < -0.3 is 9.64 Å². The van der Waals surface area contributed by atoms with E-state index in [-0.39, 0.29) is 5.91 Å². The molecule has 0 aliphatic carbocycles. The number of benzene rings is 1. The second kappa shape index (κ2) is 6.94. The molecule has 0 spiro atoms.